The van der Waals surface area contributed by atoms with Crippen molar-refractivity contribution >= 4 is 17.2 Å². The van der Waals surface area contributed by atoms with Gasteiger partial charge in [0.2, 0.25) is 0 Å². The minimum Gasteiger partial charge on any atom is -0.346 e. The van der Waals surface area contributed by atoms with Crippen LogP contribution in [0.25, 0.3) is 0 Å². The second-order valence-electron chi connectivity index (χ2n) is 6.21. The van der Waals surface area contributed by atoms with Gasteiger partial charge in [-0.3, -0.25) is 4.79 Å². The maximum Gasteiger partial charge on any atom is 0.251 e. The molecule has 3 rings (SSSR count). The summed E-state index contributed by atoms with van der Waals surface area (Å²) in [4.78, 5) is 16.9. The van der Waals surface area contributed by atoms with Gasteiger partial charge in [0.05, 0.1) is 17.2 Å². The third-order valence-corrected chi connectivity index (χ3v) is 5.30. The first-order valence-electron chi connectivity index (χ1n) is 7.98. The fourth-order valence-electron chi connectivity index (χ4n) is 2.82. The van der Waals surface area contributed by atoms with Gasteiger partial charge in [-0.05, 0) is 48.9 Å². The number of rotatable bonds is 4. The van der Waals surface area contributed by atoms with Gasteiger partial charge in [0, 0.05) is 16.9 Å². The molecule has 0 fully saturated rings. The molecule has 0 spiro atoms. The lowest BCUT2D eigenvalue weighted by Crippen LogP contribution is -2.23. The van der Waals surface area contributed by atoms with E-state index in [1.807, 2.05) is 11.4 Å². The van der Waals surface area contributed by atoms with Crippen LogP contribution in [-0.4, -0.2) is 10.9 Å². The van der Waals surface area contributed by atoms with E-state index in [9.17, 15) is 4.79 Å². The Morgan fingerprint density at radius 1 is 1.27 bits per heavy atom. The standard InChI is InChI=1S/C18H22N2OS/c1-12(2)18-20-16(11-22-18)10-19-17(21)15-8-7-13-5-3-4-6-14(13)9-15/h7-9,11-12H,3-6,10H2,1-2H3,(H,19,21). The molecule has 1 aromatic heterocycles. The predicted octanol–water partition coefficient (Wildman–Crippen LogP) is 4.08. The van der Waals surface area contributed by atoms with Crippen LogP contribution >= 0.6 is 11.3 Å². The summed E-state index contributed by atoms with van der Waals surface area (Å²) in [7, 11) is 0. The Morgan fingerprint density at radius 2 is 2.05 bits per heavy atom. The first kappa shape index (κ1) is 15.2. The number of hydrogen-bond donors (Lipinski definition) is 1. The molecular formula is C18H22N2OS. The summed E-state index contributed by atoms with van der Waals surface area (Å²) < 4.78 is 0. The van der Waals surface area contributed by atoms with E-state index >= 15 is 0 Å². The first-order chi connectivity index (χ1) is 10.6. The zero-order valence-corrected chi connectivity index (χ0v) is 14.0. The van der Waals surface area contributed by atoms with Crippen LogP contribution in [0.1, 0.15) is 64.8 Å². The zero-order chi connectivity index (χ0) is 15.5. The largest absolute Gasteiger partial charge is 0.346 e. The molecule has 0 bridgehead atoms. The summed E-state index contributed by atoms with van der Waals surface area (Å²) in [5, 5.41) is 6.13. The predicted molar refractivity (Wildman–Crippen MR) is 90.5 cm³/mol. The summed E-state index contributed by atoms with van der Waals surface area (Å²) in [6, 6.07) is 6.12. The minimum absolute atomic E-state index is 0.00697. The van der Waals surface area contributed by atoms with Gasteiger partial charge < -0.3 is 5.32 Å². The van der Waals surface area contributed by atoms with Crippen molar-refractivity contribution in [3.63, 3.8) is 0 Å². The second kappa shape index (κ2) is 6.61. The fraction of sp³-hybridized carbons (Fsp3) is 0.444. The van der Waals surface area contributed by atoms with E-state index < -0.39 is 0 Å². The Kier molecular flexibility index (Phi) is 4.57. The topological polar surface area (TPSA) is 42.0 Å². The van der Waals surface area contributed by atoms with Crippen molar-refractivity contribution in [2.75, 3.05) is 0 Å². The van der Waals surface area contributed by atoms with Crippen molar-refractivity contribution in [3.8, 4) is 0 Å². The molecule has 1 heterocycles. The third kappa shape index (κ3) is 3.38. The van der Waals surface area contributed by atoms with E-state index in [1.54, 1.807) is 11.3 Å². The summed E-state index contributed by atoms with van der Waals surface area (Å²) >= 11 is 1.66. The van der Waals surface area contributed by atoms with Gasteiger partial charge in [-0.25, -0.2) is 4.98 Å². The molecule has 1 amide bonds. The van der Waals surface area contributed by atoms with Gasteiger partial charge in [-0.1, -0.05) is 19.9 Å². The van der Waals surface area contributed by atoms with Crippen molar-refractivity contribution in [2.45, 2.75) is 52.0 Å². The Hall–Kier alpha value is -1.68. The Morgan fingerprint density at radius 3 is 2.77 bits per heavy atom. The molecule has 2 aromatic rings. The van der Waals surface area contributed by atoms with Crippen molar-refractivity contribution in [3.05, 3.63) is 51.0 Å². The van der Waals surface area contributed by atoms with E-state index in [2.05, 4.69) is 36.3 Å². The Bertz CT molecular complexity index is 675. The average Bonchev–Trinajstić information content (AvgIpc) is 3.01. The molecule has 22 heavy (non-hydrogen) atoms. The molecule has 0 saturated carbocycles. The summed E-state index contributed by atoms with van der Waals surface area (Å²) in [6.45, 7) is 4.77. The minimum atomic E-state index is -0.00697. The molecule has 0 atom stereocenters. The molecule has 1 aliphatic carbocycles. The quantitative estimate of drug-likeness (QED) is 0.924. The number of thiazole rings is 1. The van der Waals surface area contributed by atoms with Gasteiger partial charge >= 0.3 is 0 Å². The number of carbonyl (C=O) groups is 1. The smallest absolute Gasteiger partial charge is 0.251 e. The molecule has 1 aliphatic rings. The molecule has 0 unspecified atom stereocenters. The molecule has 0 radical (unpaired) electrons. The molecule has 4 heteroatoms. The zero-order valence-electron chi connectivity index (χ0n) is 13.2. The van der Waals surface area contributed by atoms with Crippen LogP contribution in [0, 0.1) is 0 Å². The second-order valence-corrected chi connectivity index (χ2v) is 7.09. The van der Waals surface area contributed by atoms with Crippen LogP contribution in [0.3, 0.4) is 0 Å². The summed E-state index contributed by atoms with van der Waals surface area (Å²) in [5.74, 6) is 0.433. The average molecular weight is 314 g/mol. The highest BCUT2D eigenvalue weighted by Gasteiger charge is 2.13. The van der Waals surface area contributed by atoms with E-state index in [-0.39, 0.29) is 5.91 Å². The number of fused-ring (bicyclic) bond motifs is 1. The number of aromatic nitrogens is 1. The highest BCUT2D eigenvalue weighted by Crippen LogP contribution is 2.22. The van der Waals surface area contributed by atoms with Gasteiger partial charge in [0.15, 0.2) is 0 Å². The first-order valence-corrected chi connectivity index (χ1v) is 8.86. The number of amides is 1. The van der Waals surface area contributed by atoms with Gasteiger partial charge in [0.1, 0.15) is 0 Å². The molecule has 0 aliphatic heterocycles. The van der Waals surface area contributed by atoms with Crippen LogP contribution in [0.15, 0.2) is 23.6 Å². The highest BCUT2D eigenvalue weighted by atomic mass is 32.1. The van der Waals surface area contributed by atoms with Crippen LogP contribution in [0.5, 0.6) is 0 Å². The van der Waals surface area contributed by atoms with Crippen molar-refractivity contribution in [1.29, 1.82) is 0 Å². The van der Waals surface area contributed by atoms with Gasteiger partial charge in [-0.15, -0.1) is 11.3 Å². The van der Waals surface area contributed by atoms with Crippen LogP contribution in [0.4, 0.5) is 0 Å². The molecule has 3 nitrogen and oxygen atoms in total. The lowest BCUT2D eigenvalue weighted by molar-refractivity contribution is 0.0950. The lowest BCUT2D eigenvalue weighted by atomic mass is 9.90. The van der Waals surface area contributed by atoms with Crippen molar-refractivity contribution in [2.24, 2.45) is 0 Å². The molecular weight excluding hydrogens is 292 g/mol. The van der Waals surface area contributed by atoms with Crippen LogP contribution in [0.2, 0.25) is 0 Å². The summed E-state index contributed by atoms with van der Waals surface area (Å²) in [6.07, 6.45) is 4.74. The van der Waals surface area contributed by atoms with E-state index in [0.29, 0.717) is 12.5 Å². The van der Waals surface area contributed by atoms with E-state index in [4.69, 9.17) is 0 Å². The Labute approximate surface area is 135 Å². The maximum absolute atomic E-state index is 12.3. The van der Waals surface area contributed by atoms with Crippen LogP contribution in [-0.2, 0) is 19.4 Å². The number of benzene rings is 1. The SMILES string of the molecule is CC(C)c1nc(CNC(=O)c2ccc3c(c2)CCCC3)cs1. The fourth-order valence-corrected chi connectivity index (χ4v) is 3.65. The maximum atomic E-state index is 12.3. The molecule has 116 valence electrons. The van der Waals surface area contributed by atoms with E-state index in [1.165, 1.54) is 24.0 Å². The molecule has 1 N–H and O–H groups in total. The monoisotopic (exact) mass is 314 g/mol. The Balaban J connectivity index is 1.64. The number of nitrogens with zero attached hydrogens (tertiary/aromatic N) is 1. The summed E-state index contributed by atoms with van der Waals surface area (Å²) in [5.41, 5.74) is 4.46. The number of nitrogens with one attached hydrogen (secondary N) is 1. The third-order valence-electron chi connectivity index (χ3n) is 4.10. The molecule has 0 saturated heterocycles. The van der Waals surface area contributed by atoms with Crippen molar-refractivity contribution in [1.82, 2.24) is 10.3 Å². The number of aryl methyl sites for hydroxylation is 2. The van der Waals surface area contributed by atoms with E-state index in [0.717, 1.165) is 29.1 Å². The number of carbonyl (C=O) groups excluding carboxylic acids is 1. The normalized spacial score (nSPS) is 14.0. The van der Waals surface area contributed by atoms with Crippen molar-refractivity contribution < 1.29 is 4.79 Å². The molecule has 1 aromatic carbocycles. The van der Waals surface area contributed by atoms with Gasteiger partial charge in [-0.2, -0.15) is 0 Å². The van der Waals surface area contributed by atoms with Gasteiger partial charge in [0.25, 0.3) is 5.91 Å². The number of hydrogen-bond acceptors (Lipinski definition) is 3. The highest BCUT2D eigenvalue weighted by molar-refractivity contribution is 7.09. The van der Waals surface area contributed by atoms with Crippen LogP contribution < -0.4 is 5.32 Å². The lowest BCUT2D eigenvalue weighted by Gasteiger charge is -2.16.